The first-order valence-electron chi connectivity index (χ1n) is 3.63. The van der Waals surface area contributed by atoms with Crippen LogP contribution in [0.1, 0.15) is 17.7 Å². The highest BCUT2D eigenvalue weighted by molar-refractivity contribution is 14.1. The fourth-order valence-corrected chi connectivity index (χ4v) is 1.71. The molecule has 0 aliphatic carbocycles. The fourth-order valence-electron chi connectivity index (χ4n) is 0.936. The molecule has 0 atom stereocenters. The zero-order chi connectivity index (χ0) is 10.7. The summed E-state index contributed by atoms with van der Waals surface area (Å²) in [5, 5.41) is 8.39. The molecule has 0 saturated carbocycles. The van der Waals surface area contributed by atoms with E-state index in [2.05, 4.69) is 0 Å². The molecular weight excluding hydrogens is 305 g/mol. The first kappa shape index (κ1) is 11.1. The van der Waals surface area contributed by atoms with Crippen LogP contribution in [0.5, 0.6) is 0 Å². The van der Waals surface area contributed by atoms with Gasteiger partial charge < -0.3 is 4.98 Å². The monoisotopic (exact) mass is 310 g/mol. The molecule has 0 bridgehead atoms. The molecule has 1 aromatic heterocycles. The third kappa shape index (κ3) is 2.29. The first-order valence-corrected chi connectivity index (χ1v) is 4.71. The van der Waals surface area contributed by atoms with Gasteiger partial charge in [0.1, 0.15) is 0 Å². The summed E-state index contributed by atoms with van der Waals surface area (Å²) in [6, 6.07) is 2.98. The van der Waals surface area contributed by atoms with Crippen molar-refractivity contribution < 1.29 is 8.78 Å². The van der Waals surface area contributed by atoms with Crippen molar-refractivity contribution in [1.29, 1.82) is 5.26 Å². The van der Waals surface area contributed by atoms with E-state index in [4.69, 9.17) is 5.26 Å². The Balaban J connectivity index is 3.27. The Labute approximate surface area is 91.9 Å². The minimum absolute atomic E-state index is 0.0723. The number of hydrogen-bond acceptors (Lipinski definition) is 2. The molecule has 0 aromatic carbocycles. The molecule has 0 saturated heterocycles. The van der Waals surface area contributed by atoms with Gasteiger partial charge in [0, 0.05) is 9.13 Å². The minimum Gasteiger partial charge on any atom is -0.321 e. The van der Waals surface area contributed by atoms with Gasteiger partial charge in [0.05, 0.1) is 18.2 Å². The Kier molecular flexibility index (Phi) is 3.57. The molecule has 1 rings (SSSR count). The zero-order valence-corrected chi connectivity index (χ0v) is 9.01. The third-order valence-electron chi connectivity index (χ3n) is 1.59. The maximum absolute atomic E-state index is 12.2. The van der Waals surface area contributed by atoms with E-state index in [1.165, 1.54) is 6.07 Å². The molecule has 0 fully saturated rings. The van der Waals surface area contributed by atoms with Crippen molar-refractivity contribution in [2.45, 2.75) is 12.8 Å². The van der Waals surface area contributed by atoms with Crippen LogP contribution in [0.4, 0.5) is 8.78 Å². The van der Waals surface area contributed by atoms with E-state index in [0.717, 1.165) is 0 Å². The van der Waals surface area contributed by atoms with E-state index in [9.17, 15) is 13.6 Å². The maximum atomic E-state index is 12.2. The second-order valence-electron chi connectivity index (χ2n) is 2.52. The summed E-state index contributed by atoms with van der Waals surface area (Å²) in [6.07, 6.45) is -2.77. The first-order chi connectivity index (χ1) is 6.56. The molecule has 0 amide bonds. The van der Waals surface area contributed by atoms with Gasteiger partial charge in [0.2, 0.25) is 0 Å². The van der Waals surface area contributed by atoms with Gasteiger partial charge in [-0.15, -0.1) is 0 Å². The Hall–Kier alpha value is -0.970. The van der Waals surface area contributed by atoms with Gasteiger partial charge in [-0.25, -0.2) is 8.78 Å². The predicted octanol–water partition coefficient (Wildman–Crippen LogP) is 1.98. The molecule has 1 heterocycles. The highest BCUT2D eigenvalue weighted by Crippen LogP contribution is 2.18. The topological polar surface area (TPSA) is 56.6 Å². The average Bonchev–Trinajstić information content (AvgIpc) is 2.10. The van der Waals surface area contributed by atoms with Crippen LogP contribution in [0, 0.1) is 14.9 Å². The Morgan fingerprint density at radius 1 is 1.64 bits per heavy atom. The van der Waals surface area contributed by atoms with E-state index in [-0.39, 0.29) is 12.0 Å². The van der Waals surface area contributed by atoms with Crippen molar-refractivity contribution in [2.24, 2.45) is 0 Å². The molecule has 0 radical (unpaired) electrons. The average molecular weight is 310 g/mol. The molecule has 1 aromatic rings. The number of aromatic nitrogens is 1. The molecular formula is C8H5F2IN2O. The largest absolute Gasteiger partial charge is 0.321 e. The highest BCUT2D eigenvalue weighted by atomic mass is 127. The van der Waals surface area contributed by atoms with Crippen molar-refractivity contribution in [3.63, 3.8) is 0 Å². The molecule has 0 aliphatic rings. The summed E-state index contributed by atoms with van der Waals surface area (Å²) in [5.41, 5.74) is -0.799. The van der Waals surface area contributed by atoms with E-state index in [1.54, 1.807) is 28.7 Å². The number of pyridine rings is 1. The number of rotatable bonds is 2. The fraction of sp³-hybridized carbons (Fsp3) is 0.250. The van der Waals surface area contributed by atoms with Crippen LogP contribution in [0.15, 0.2) is 10.9 Å². The minimum atomic E-state index is -2.70. The lowest BCUT2D eigenvalue weighted by Gasteiger charge is -2.03. The smallest absolute Gasteiger partial charge is 0.278 e. The van der Waals surface area contributed by atoms with Crippen LogP contribution in [0.25, 0.3) is 0 Å². The molecule has 0 spiro atoms. The van der Waals surface area contributed by atoms with Crippen molar-refractivity contribution in [3.8, 4) is 6.07 Å². The third-order valence-corrected chi connectivity index (χ3v) is 2.56. The summed E-state index contributed by atoms with van der Waals surface area (Å²) in [4.78, 5) is 13.2. The van der Waals surface area contributed by atoms with Crippen LogP contribution in [0.2, 0.25) is 0 Å². The molecule has 14 heavy (non-hydrogen) atoms. The van der Waals surface area contributed by atoms with Gasteiger partial charge in [0.25, 0.3) is 12.0 Å². The number of nitriles is 1. The Morgan fingerprint density at radius 2 is 2.29 bits per heavy atom. The van der Waals surface area contributed by atoms with Crippen LogP contribution in [-0.2, 0) is 6.42 Å². The lowest BCUT2D eigenvalue weighted by molar-refractivity contribution is 0.145. The number of halogens is 3. The second kappa shape index (κ2) is 4.50. The summed E-state index contributed by atoms with van der Waals surface area (Å²) < 4.78 is 24.8. The Morgan fingerprint density at radius 3 is 2.71 bits per heavy atom. The van der Waals surface area contributed by atoms with Gasteiger partial charge in [0.15, 0.2) is 0 Å². The quantitative estimate of drug-likeness (QED) is 0.849. The lowest BCUT2D eigenvalue weighted by Crippen LogP contribution is -2.16. The van der Waals surface area contributed by atoms with E-state index < -0.39 is 17.7 Å². The summed E-state index contributed by atoms with van der Waals surface area (Å²) in [6.45, 7) is 0. The summed E-state index contributed by atoms with van der Waals surface area (Å²) >= 11 is 1.76. The van der Waals surface area contributed by atoms with Crippen LogP contribution in [-0.4, -0.2) is 4.98 Å². The number of H-pyrrole nitrogens is 1. The predicted molar refractivity (Wildman–Crippen MR) is 54.1 cm³/mol. The SMILES string of the molecule is N#CCc1c(I)cc(C(F)F)[nH]c1=O. The van der Waals surface area contributed by atoms with Crippen LogP contribution < -0.4 is 5.56 Å². The molecule has 1 N–H and O–H groups in total. The molecule has 74 valence electrons. The lowest BCUT2D eigenvalue weighted by atomic mass is 10.2. The molecule has 0 unspecified atom stereocenters. The summed E-state index contributed by atoms with van der Waals surface area (Å²) in [5.74, 6) is 0. The number of aromatic amines is 1. The van der Waals surface area contributed by atoms with Crippen molar-refractivity contribution >= 4 is 22.6 Å². The van der Waals surface area contributed by atoms with Crippen LogP contribution >= 0.6 is 22.6 Å². The number of nitrogens with one attached hydrogen (secondary N) is 1. The second-order valence-corrected chi connectivity index (χ2v) is 3.68. The molecule has 6 heteroatoms. The maximum Gasteiger partial charge on any atom is 0.278 e. The molecule has 3 nitrogen and oxygen atoms in total. The highest BCUT2D eigenvalue weighted by Gasteiger charge is 2.12. The van der Waals surface area contributed by atoms with E-state index in [1.807, 2.05) is 4.98 Å². The van der Waals surface area contributed by atoms with Gasteiger partial charge in [-0.2, -0.15) is 5.26 Å². The zero-order valence-electron chi connectivity index (χ0n) is 6.85. The van der Waals surface area contributed by atoms with E-state index in [0.29, 0.717) is 3.57 Å². The number of alkyl halides is 2. The van der Waals surface area contributed by atoms with Crippen molar-refractivity contribution in [3.05, 3.63) is 31.2 Å². The number of hydrogen-bond donors (Lipinski definition) is 1. The Bertz CT molecular complexity index is 436. The van der Waals surface area contributed by atoms with Crippen LogP contribution in [0.3, 0.4) is 0 Å². The van der Waals surface area contributed by atoms with Gasteiger partial charge in [-0.1, -0.05) is 0 Å². The summed E-state index contributed by atoms with van der Waals surface area (Å²) in [7, 11) is 0. The molecule has 0 aliphatic heterocycles. The van der Waals surface area contributed by atoms with Gasteiger partial charge in [-0.3, -0.25) is 4.79 Å². The van der Waals surface area contributed by atoms with Crippen molar-refractivity contribution in [2.75, 3.05) is 0 Å². The van der Waals surface area contributed by atoms with E-state index >= 15 is 0 Å². The standard InChI is InChI=1S/C8H5F2IN2O/c9-7(10)6-3-5(11)4(1-2-12)8(14)13-6/h3,7H,1H2,(H,13,14). The van der Waals surface area contributed by atoms with Gasteiger partial charge >= 0.3 is 0 Å². The number of nitrogens with zero attached hydrogens (tertiary/aromatic N) is 1. The van der Waals surface area contributed by atoms with Crippen molar-refractivity contribution in [1.82, 2.24) is 4.98 Å². The van der Waals surface area contributed by atoms with Gasteiger partial charge in [-0.05, 0) is 28.7 Å². The normalized spacial score (nSPS) is 10.2.